The standard InChI is InChI=1S/C59H105BrO13Si3/c1-18-76(19-2,20-3)64-27-21-22-41-28-36(4)38(6)47(66-41)33-48-44(52(63-13)50(68-48)32-43(73-75(16,17)59(10,11)12)35-65-74(14,15)58(7,8)9)31-40(62)30-42-24-26-46-53(67-42)55-57-56(70-46)54-51(72-57)34-49(71-55)45(69-54)25-23-39(61)29-37(5)60/h36,39,41-57,61H,5-6,18-35H2,1-4,7-17H3/t36?,39?,41?,42?,43?,44?,45-,46?,47?,48?,49?,50?,51?,52-,53+,54?,55?,56+,57?/m1/s1. The third-order valence-electron chi connectivity index (χ3n) is 20.1. The summed E-state index contributed by atoms with van der Waals surface area (Å²) < 4.78 is 76.6. The number of carbonyl (C=O) groups excluding carboxylic acids is 1. The van der Waals surface area contributed by atoms with Crippen LogP contribution in [-0.4, -0.2) is 160 Å². The molecule has 0 aromatic carbocycles. The molecule has 438 valence electrons. The molecule has 3 bridgehead atoms. The van der Waals surface area contributed by atoms with Crippen LogP contribution in [0.3, 0.4) is 0 Å². The zero-order valence-corrected chi connectivity index (χ0v) is 54.4. The van der Waals surface area contributed by atoms with Gasteiger partial charge in [-0.05, 0) is 115 Å². The van der Waals surface area contributed by atoms with Crippen molar-refractivity contribution in [2.75, 3.05) is 20.3 Å². The summed E-state index contributed by atoms with van der Waals surface area (Å²) in [6.07, 6.45) is 4.25. The molecule has 13 nitrogen and oxygen atoms in total. The van der Waals surface area contributed by atoms with Crippen LogP contribution in [0.4, 0.5) is 0 Å². The number of carbonyl (C=O) groups is 1. The van der Waals surface area contributed by atoms with E-state index in [2.05, 4.69) is 125 Å². The van der Waals surface area contributed by atoms with Gasteiger partial charge in [0.1, 0.15) is 36.3 Å². The van der Waals surface area contributed by atoms with Crippen molar-refractivity contribution < 1.29 is 61.1 Å². The van der Waals surface area contributed by atoms with Gasteiger partial charge < -0.3 is 56.3 Å². The molecule has 0 amide bonds. The lowest BCUT2D eigenvalue weighted by molar-refractivity contribution is -0.301. The smallest absolute Gasteiger partial charge is 0.192 e. The molecule has 0 spiro atoms. The highest BCUT2D eigenvalue weighted by Gasteiger charge is 2.64. The Morgan fingerprint density at radius 3 is 2.01 bits per heavy atom. The minimum atomic E-state index is -2.25. The first-order valence-electron chi connectivity index (χ1n) is 29.9. The molecule has 0 saturated carbocycles. The molecule has 7 aliphatic rings. The van der Waals surface area contributed by atoms with Gasteiger partial charge in [-0.2, -0.15) is 0 Å². The maximum absolute atomic E-state index is 14.8. The van der Waals surface area contributed by atoms with Gasteiger partial charge in [0, 0.05) is 58.2 Å². The molecule has 7 rings (SSSR count). The van der Waals surface area contributed by atoms with E-state index in [0.717, 1.165) is 60.5 Å². The monoisotopic (exact) mass is 1180 g/mol. The molecule has 7 heterocycles. The SMILES string of the molecule is C=C(Br)CC(O)CC[C@H]1OC2C3CC1OC1C(O3)[C@H]2OC2CCC(CC(=O)CC3C(CC4OC(CCCO[Si](CC)(CC)CC)CC(C)C4=C)OC(CC(CO[Si](C)(C)C(C)(C)C)O[Si](C)(C)C(C)(C)C)[C@@H]3OC)O[C@@H]21. The van der Waals surface area contributed by atoms with Crippen LogP contribution in [0.25, 0.3) is 0 Å². The van der Waals surface area contributed by atoms with E-state index in [1.807, 2.05) is 0 Å². The predicted octanol–water partition coefficient (Wildman–Crippen LogP) is 12.5. The van der Waals surface area contributed by atoms with E-state index in [9.17, 15) is 9.90 Å². The lowest BCUT2D eigenvalue weighted by atomic mass is 9.81. The average Bonchev–Trinajstić information content (AvgIpc) is 3.79. The van der Waals surface area contributed by atoms with Gasteiger partial charge in [0.15, 0.2) is 25.0 Å². The first-order chi connectivity index (χ1) is 35.6. The minimum absolute atomic E-state index is 0.00624. The van der Waals surface area contributed by atoms with Crippen molar-refractivity contribution in [3.63, 3.8) is 0 Å². The fraction of sp³-hybridized carbons (Fsp3) is 0.915. The van der Waals surface area contributed by atoms with E-state index in [4.69, 9.17) is 51.2 Å². The molecular weight excluding hydrogens is 1080 g/mol. The normalized spacial score (nSPS) is 36.8. The van der Waals surface area contributed by atoms with Gasteiger partial charge in [0.05, 0.1) is 79.9 Å². The zero-order valence-electron chi connectivity index (χ0n) is 49.8. The van der Waals surface area contributed by atoms with Crippen molar-refractivity contribution in [1.82, 2.24) is 0 Å². The lowest BCUT2D eigenvalue weighted by Gasteiger charge is -2.51. The Morgan fingerprint density at radius 2 is 1.38 bits per heavy atom. The number of ether oxygens (including phenoxy) is 8. The molecule has 7 aliphatic heterocycles. The molecule has 0 aliphatic carbocycles. The topological polar surface area (TPSA) is 139 Å². The van der Waals surface area contributed by atoms with Gasteiger partial charge in [0.2, 0.25) is 0 Å². The maximum Gasteiger partial charge on any atom is 0.192 e. The molecule has 17 heteroatoms. The second-order valence-electron chi connectivity index (χ2n) is 27.3. The number of aliphatic hydroxyl groups is 1. The van der Waals surface area contributed by atoms with Crippen molar-refractivity contribution in [1.29, 1.82) is 0 Å². The third-order valence-corrected chi connectivity index (χ3v) is 34.1. The average molecular weight is 1190 g/mol. The summed E-state index contributed by atoms with van der Waals surface area (Å²) in [5, 5.41) is 10.7. The van der Waals surface area contributed by atoms with E-state index in [1.165, 1.54) is 0 Å². The zero-order chi connectivity index (χ0) is 55.7. The minimum Gasteiger partial charge on any atom is -0.417 e. The number of methoxy groups -OCH3 is 1. The molecular formula is C59H105BrO13Si3. The largest absolute Gasteiger partial charge is 0.417 e. The maximum atomic E-state index is 14.8. The number of ketones is 1. The van der Waals surface area contributed by atoms with E-state index >= 15 is 0 Å². The number of hydrogen-bond acceptors (Lipinski definition) is 13. The van der Waals surface area contributed by atoms with Crippen LogP contribution in [0, 0.1) is 11.8 Å². The highest BCUT2D eigenvalue weighted by molar-refractivity contribution is 9.11. The molecule has 76 heavy (non-hydrogen) atoms. The number of aliphatic hydroxyl groups excluding tert-OH is 1. The highest BCUT2D eigenvalue weighted by Crippen LogP contribution is 2.50. The Balaban J connectivity index is 1.07. The molecule has 7 fully saturated rings. The fourth-order valence-corrected chi connectivity index (χ4v) is 18.5. The van der Waals surface area contributed by atoms with Crippen LogP contribution in [0.2, 0.25) is 54.4 Å². The first-order valence-corrected chi connectivity index (χ1v) is 39.0. The van der Waals surface area contributed by atoms with Gasteiger partial charge in [-0.3, -0.25) is 4.79 Å². The summed E-state index contributed by atoms with van der Waals surface area (Å²) in [5.74, 6) is 0.198. The number of Topliss-reactive ketones (excluding diaryl/α,β-unsaturated/α-hetero) is 1. The highest BCUT2D eigenvalue weighted by atomic mass is 79.9. The Labute approximate surface area is 471 Å². The fourth-order valence-electron chi connectivity index (χ4n) is 13.0. The Bertz CT molecular complexity index is 1920. The van der Waals surface area contributed by atoms with Crippen molar-refractivity contribution in [2.24, 2.45) is 11.8 Å². The number of fused-ring (bicyclic) bond motifs is 4. The van der Waals surface area contributed by atoms with Gasteiger partial charge >= 0.3 is 0 Å². The van der Waals surface area contributed by atoms with E-state index in [1.54, 1.807) is 7.11 Å². The van der Waals surface area contributed by atoms with Gasteiger partial charge in [0.25, 0.3) is 0 Å². The summed E-state index contributed by atoms with van der Waals surface area (Å²) >= 11 is 3.40. The molecule has 7 saturated heterocycles. The van der Waals surface area contributed by atoms with Crippen molar-refractivity contribution in [3.8, 4) is 0 Å². The number of halogens is 1. The summed E-state index contributed by atoms with van der Waals surface area (Å²) in [5.41, 5.74) is 1.10. The lowest BCUT2D eigenvalue weighted by Crippen LogP contribution is -2.66. The second-order valence-corrected chi connectivity index (χ2v) is 42.8. The van der Waals surface area contributed by atoms with Gasteiger partial charge in [-0.1, -0.05) is 98.3 Å². The van der Waals surface area contributed by atoms with E-state index < -0.39 is 31.1 Å². The molecule has 0 aromatic rings. The summed E-state index contributed by atoms with van der Waals surface area (Å²) in [4.78, 5) is 14.8. The van der Waals surface area contributed by atoms with Crippen LogP contribution in [0.5, 0.6) is 0 Å². The molecule has 0 aromatic heterocycles. The van der Waals surface area contributed by atoms with E-state index in [-0.39, 0.29) is 132 Å². The summed E-state index contributed by atoms with van der Waals surface area (Å²) in [6, 6.07) is 3.45. The number of hydrogen-bond donors (Lipinski definition) is 1. The second kappa shape index (κ2) is 26.2. The Hall–Kier alpha value is -0.199. The summed E-state index contributed by atoms with van der Waals surface area (Å²) in [6.45, 7) is 41.9. The predicted molar refractivity (Wildman–Crippen MR) is 311 cm³/mol. The Morgan fingerprint density at radius 1 is 0.750 bits per heavy atom. The molecule has 19 atom stereocenters. The summed E-state index contributed by atoms with van der Waals surface area (Å²) in [7, 11) is -4.28. The molecule has 0 radical (unpaired) electrons. The quantitative estimate of drug-likeness (QED) is 0.0475. The number of rotatable bonds is 27. The third kappa shape index (κ3) is 14.9. The van der Waals surface area contributed by atoms with Crippen LogP contribution >= 0.6 is 15.9 Å². The van der Waals surface area contributed by atoms with Crippen LogP contribution in [-0.2, 0) is 56.0 Å². The van der Waals surface area contributed by atoms with Crippen LogP contribution in [0.15, 0.2) is 23.2 Å². The van der Waals surface area contributed by atoms with Crippen LogP contribution in [0.1, 0.15) is 153 Å². The van der Waals surface area contributed by atoms with Crippen LogP contribution < -0.4 is 0 Å². The van der Waals surface area contributed by atoms with Gasteiger partial charge in [-0.15, -0.1) is 0 Å². The molecule has 1 N–H and O–H groups in total. The van der Waals surface area contributed by atoms with Crippen molar-refractivity contribution in [3.05, 3.63) is 23.2 Å². The van der Waals surface area contributed by atoms with E-state index in [0.29, 0.717) is 57.5 Å². The van der Waals surface area contributed by atoms with Crippen molar-refractivity contribution in [2.45, 2.75) is 311 Å². The molecule has 15 unspecified atom stereocenters. The van der Waals surface area contributed by atoms with Gasteiger partial charge in [-0.25, -0.2) is 0 Å². The Kier molecular flexibility index (Phi) is 21.8. The first kappa shape index (κ1) is 63.4. The van der Waals surface area contributed by atoms with Crippen molar-refractivity contribution >= 4 is 46.7 Å².